The molecule has 4 heterocycles. The third-order valence-electron chi connectivity index (χ3n) is 8.69. The van der Waals surface area contributed by atoms with Gasteiger partial charge in [-0.25, -0.2) is 0 Å². The van der Waals surface area contributed by atoms with Crippen LogP contribution in [0.2, 0.25) is 5.02 Å². The van der Waals surface area contributed by atoms with Gasteiger partial charge in [-0.05, 0) is 86.5 Å². The third kappa shape index (κ3) is 4.43. The molecule has 2 bridgehead atoms. The number of hydrogen-bond donors (Lipinski definition) is 0. The Morgan fingerprint density at radius 2 is 1.69 bits per heavy atom. The molecule has 1 aromatic heterocycles. The standard InChI is InChI=1S/C31H36ClN3/c1-22-10-3-4-12-25(22)31(26-13-5-6-14-28(26)32)35-24-15-16-29(35)27(20-24)30-23(11-9-17-33-30)21-34-18-7-2-8-19-34/h3-6,9-14,17,24,27,29,31H,2,7-8,15-16,18-21H2,1H3. The topological polar surface area (TPSA) is 19.4 Å². The summed E-state index contributed by atoms with van der Waals surface area (Å²) in [5.41, 5.74) is 6.74. The van der Waals surface area contributed by atoms with Crippen LogP contribution in [-0.4, -0.2) is 40.0 Å². The molecule has 2 aromatic carbocycles. The Morgan fingerprint density at radius 1 is 0.914 bits per heavy atom. The van der Waals surface area contributed by atoms with Crippen molar-refractivity contribution in [2.24, 2.45) is 0 Å². The average Bonchev–Trinajstić information content (AvgIpc) is 3.45. The highest BCUT2D eigenvalue weighted by Gasteiger charge is 2.51. The number of piperidine rings is 1. The number of nitrogens with zero attached hydrogens (tertiary/aromatic N) is 3. The molecule has 0 aliphatic carbocycles. The summed E-state index contributed by atoms with van der Waals surface area (Å²) >= 11 is 6.86. The minimum atomic E-state index is 0.182. The summed E-state index contributed by atoms with van der Waals surface area (Å²) in [7, 11) is 0. The molecule has 35 heavy (non-hydrogen) atoms. The van der Waals surface area contributed by atoms with Crippen LogP contribution in [-0.2, 0) is 6.54 Å². The number of rotatable bonds is 6. The fraction of sp³-hybridized carbons (Fsp3) is 0.452. The Labute approximate surface area is 215 Å². The zero-order chi connectivity index (χ0) is 23.8. The molecule has 0 saturated carbocycles. The molecule has 3 aliphatic rings. The van der Waals surface area contributed by atoms with Crippen LogP contribution in [0.1, 0.15) is 78.4 Å². The zero-order valence-corrected chi connectivity index (χ0v) is 21.5. The molecule has 0 spiro atoms. The lowest BCUT2D eigenvalue weighted by atomic mass is 9.84. The van der Waals surface area contributed by atoms with Gasteiger partial charge in [0, 0.05) is 41.5 Å². The summed E-state index contributed by atoms with van der Waals surface area (Å²) in [5, 5.41) is 0.868. The van der Waals surface area contributed by atoms with E-state index < -0.39 is 0 Å². The van der Waals surface area contributed by atoms with Crippen LogP contribution in [0.25, 0.3) is 0 Å². The van der Waals surface area contributed by atoms with E-state index in [-0.39, 0.29) is 6.04 Å². The number of aryl methyl sites for hydroxylation is 1. The lowest BCUT2D eigenvalue weighted by Gasteiger charge is -2.35. The van der Waals surface area contributed by atoms with Crippen molar-refractivity contribution < 1.29 is 0 Å². The largest absolute Gasteiger partial charge is 0.299 e. The predicted octanol–water partition coefficient (Wildman–Crippen LogP) is 7.14. The number of fused-ring (bicyclic) bond motifs is 2. The minimum Gasteiger partial charge on any atom is -0.299 e. The maximum absolute atomic E-state index is 6.86. The monoisotopic (exact) mass is 485 g/mol. The Bertz CT molecular complexity index is 1130. The summed E-state index contributed by atoms with van der Waals surface area (Å²) < 4.78 is 0. The Balaban J connectivity index is 1.36. The van der Waals surface area contributed by atoms with Crippen LogP contribution in [0.3, 0.4) is 0 Å². The maximum atomic E-state index is 6.86. The van der Waals surface area contributed by atoms with Gasteiger partial charge in [0.1, 0.15) is 0 Å². The predicted molar refractivity (Wildman–Crippen MR) is 144 cm³/mol. The highest BCUT2D eigenvalue weighted by Crippen LogP contribution is 2.53. The third-order valence-corrected chi connectivity index (χ3v) is 9.04. The number of pyridine rings is 1. The number of hydrogen-bond acceptors (Lipinski definition) is 3. The van der Waals surface area contributed by atoms with Crippen LogP contribution < -0.4 is 0 Å². The number of aromatic nitrogens is 1. The van der Waals surface area contributed by atoms with Crippen molar-refractivity contribution in [2.45, 2.75) is 76.0 Å². The van der Waals surface area contributed by atoms with E-state index >= 15 is 0 Å². The second kappa shape index (κ2) is 10.0. The Kier molecular flexibility index (Phi) is 6.66. The van der Waals surface area contributed by atoms with Gasteiger partial charge in [-0.1, -0.05) is 66.6 Å². The van der Waals surface area contributed by atoms with E-state index in [1.807, 2.05) is 18.3 Å². The fourth-order valence-electron chi connectivity index (χ4n) is 7.08. The minimum absolute atomic E-state index is 0.182. The summed E-state index contributed by atoms with van der Waals surface area (Å²) in [4.78, 5) is 10.5. The first-order valence-electron chi connectivity index (χ1n) is 13.4. The van der Waals surface area contributed by atoms with Gasteiger partial charge in [-0.15, -0.1) is 0 Å². The van der Waals surface area contributed by atoms with Gasteiger partial charge in [-0.2, -0.15) is 0 Å². The van der Waals surface area contributed by atoms with E-state index in [1.165, 1.54) is 79.6 Å². The molecule has 6 rings (SSSR count). The van der Waals surface area contributed by atoms with Crippen LogP contribution in [0.15, 0.2) is 66.9 Å². The molecule has 3 saturated heterocycles. The molecule has 182 valence electrons. The molecule has 3 aromatic rings. The summed E-state index contributed by atoms with van der Waals surface area (Å²) in [6.45, 7) is 5.73. The van der Waals surface area contributed by atoms with E-state index in [0.29, 0.717) is 18.0 Å². The van der Waals surface area contributed by atoms with E-state index in [0.717, 1.165) is 11.6 Å². The average molecular weight is 486 g/mol. The molecule has 3 aliphatic heterocycles. The molecular formula is C31H36ClN3. The first-order chi connectivity index (χ1) is 17.2. The van der Waals surface area contributed by atoms with Crippen LogP contribution in [0, 0.1) is 6.92 Å². The van der Waals surface area contributed by atoms with Crippen molar-refractivity contribution in [3.63, 3.8) is 0 Å². The van der Waals surface area contributed by atoms with E-state index in [4.69, 9.17) is 16.6 Å². The molecule has 0 radical (unpaired) electrons. The van der Waals surface area contributed by atoms with Gasteiger partial charge in [0.25, 0.3) is 0 Å². The molecule has 4 unspecified atom stereocenters. The van der Waals surface area contributed by atoms with Crippen molar-refractivity contribution in [3.05, 3.63) is 99.8 Å². The first-order valence-corrected chi connectivity index (χ1v) is 13.8. The van der Waals surface area contributed by atoms with Crippen molar-refractivity contribution in [3.8, 4) is 0 Å². The summed E-state index contributed by atoms with van der Waals surface area (Å²) in [6, 6.07) is 23.0. The number of benzene rings is 2. The van der Waals surface area contributed by atoms with Crippen molar-refractivity contribution >= 4 is 11.6 Å². The van der Waals surface area contributed by atoms with Gasteiger partial charge in [0.15, 0.2) is 0 Å². The van der Waals surface area contributed by atoms with E-state index in [2.05, 4.69) is 65.3 Å². The van der Waals surface area contributed by atoms with Crippen molar-refractivity contribution in [1.29, 1.82) is 0 Å². The molecule has 0 N–H and O–H groups in total. The molecule has 0 amide bonds. The second-order valence-corrected chi connectivity index (χ2v) is 11.2. The van der Waals surface area contributed by atoms with E-state index in [9.17, 15) is 0 Å². The van der Waals surface area contributed by atoms with Crippen LogP contribution in [0.4, 0.5) is 0 Å². The normalized spacial score (nSPS) is 25.7. The zero-order valence-electron chi connectivity index (χ0n) is 20.7. The second-order valence-electron chi connectivity index (χ2n) is 10.8. The smallest absolute Gasteiger partial charge is 0.0624 e. The highest BCUT2D eigenvalue weighted by atomic mass is 35.5. The summed E-state index contributed by atoms with van der Waals surface area (Å²) in [5.74, 6) is 0.490. The lowest BCUT2D eigenvalue weighted by molar-refractivity contribution is 0.198. The Morgan fingerprint density at radius 3 is 2.49 bits per heavy atom. The van der Waals surface area contributed by atoms with Crippen molar-refractivity contribution in [2.75, 3.05) is 13.1 Å². The lowest BCUT2D eigenvalue weighted by Crippen LogP contribution is -2.36. The quantitative estimate of drug-likeness (QED) is 0.370. The molecule has 4 atom stereocenters. The number of likely N-dealkylation sites (tertiary alicyclic amines) is 1. The van der Waals surface area contributed by atoms with Gasteiger partial charge in [0.05, 0.1) is 6.04 Å². The maximum Gasteiger partial charge on any atom is 0.0624 e. The van der Waals surface area contributed by atoms with Gasteiger partial charge in [0.2, 0.25) is 0 Å². The highest BCUT2D eigenvalue weighted by molar-refractivity contribution is 6.31. The van der Waals surface area contributed by atoms with Crippen molar-refractivity contribution in [1.82, 2.24) is 14.8 Å². The number of halogens is 1. The molecular weight excluding hydrogens is 450 g/mol. The van der Waals surface area contributed by atoms with Gasteiger partial charge >= 0.3 is 0 Å². The Hall–Kier alpha value is -2.20. The molecule has 3 fully saturated rings. The summed E-state index contributed by atoms with van der Waals surface area (Å²) in [6.07, 6.45) is 9.74. The first kappa shape index (κ1) is 23.2. The molecule has 4 heteroatoms. The molecule has 3 nitrogen and oxygen atoms in total. The van der Waals surface area contributed by atoms with Gasteiger partial charge < -0.3 is 0 Å². The van der Waals surface area contributed by atoms with Gasteiger partial charge in [-0.3, -0.25) is 14.8 Å². The SMILES string of the molecule is Cc1ccccc1C(c1ccccc1Cl)N1C2CCC1C(c1ncccc1CN1CCCCC1)C2. The van der Waals surface area contributed by atoms with Crippen LogP contribution in [0.5, 0.6) is 0 Å². The fourth-order valence-corrected chi connectivity index (χ4v) is 7.32. The van der Waals surface area contributed by atoms with E-state index in [1.54, 1.807) is 0 Å². The van der Waals surface area contributed by atoms with Crippen LogP contribution >= 0.6 is 11.6 Å².